The third-order valence-corrected chi connectivity index (χ3v) is 7.88. The van der Waals surface area contributed by atoms with Gasteiger partial charge in [-0.05, 0) is 62.4 Å². The standard InChI is InChI=1S/C24H44N2O4.V/c1-18(2)10-23(11-19(3,4)25-18)27-14-22(15-28-23)16-29-24(30-17-22)12-20(5,6)26(9)21(7,8)13-24;/h25H,10-17H2,1-9H3;. The van der Waals surface area contributed by atoms with Crippen LogP contribution in [-0.4, -0.2) is 72.1 Å². The summed E-state index contributed by atoms with van der Waals surface area (Å²) in [6.45, 7) is 20.6. The second kappa shape index (κ2) is 7.68. The van der Waals surface area contributed by atoms with Crippen molar-refractivity contribution in [2.24, 2.45) is 5.41 Å². The second-order valence-corrected chi connectivity index (χ2v) is 13.3. The Hall–Kier alpha value is 0.344. The van der Waals surface area contributed by atoms with Crippen LogP contribution in [0.3, 0.4) is 0 Å². The van der Waals surface area contributed by atoms with E-state index in [4.69, 9.17) is 18.9 Å². The predicted molar refractivity (Wildman–Crippen MR) is 117 cm³/mol. The summed E-state index contributed by atoms with van der Waals surface area (Å²) >= 11 is 0. The van der Waals surface area contributed by atoms with Crippen LogP contribution in [0.5, 0.6) is 0 Å². The molecule has 3 spiro atoms. The van der Waals surface area contributed by atoms with Gasteiger partial charge in [-0.15, -0.1) is 0 Å². The Labute approximate surface area is 201 Å². The van der Waals surface area contributed by atoms with Gasteiger partial charge in [-0.25, -0.2) is 0 Å². The van der Waals surface area contributed by atoms with Crippen LogP contribution >= 0.6 is 0 Å². The second-order valence-electron chi connectivity index (χ2n) is 13.3. The van der Waals surface area contributed by atoms with Crippen molar-refractivity contribution >= 4 is 0 Å². The average molecular weight is 476 g/mol. The van der Waals surface area contributed by atoms with E-state index in [0.29, 0.717) is 26.4 Å². The number of nitrogens with one attached hydrogen (secondary N) is 1. The molecule has 4 fully saturated rings. The van der Waals surface area contributed by atoms with Gasteiger partial charge in [0.2, 0.25) is 0 Å². The maximum Gasteiger partial charge on any atom is 0.171 e. The van der Waals surface area contributed by atoms with Gasteiger partial charge in [0.05, 0.1) is 31.8 Å². The van der Waals surface area contributed by atoms with Crippen molar-refractivity contribution in [3.05, 3.63) is 0 Å². The van der Waals surface area contributed by atoms with Gasteiger partial charge in [0.1, 0.15) is 0 Å². The minimum atomic E-state index is -0.518. The summed E-state index contributed by atoms with van der Waals surface area (Å²) in [4.78, 5) is 2.46. The normalized spacial score (nSPS) is 34.4. The summed E-state index contributed by atoms with van der Waals surface area (Å²) in [5, 5.41) is 3.72. The maximum absolute atomic E-state index is 6.56. The van der Waals surface area contributed by atoms with Crippen LogP contribution in [0.1, 0.15) is 81.1 Å². The van der Waals surface area contributed by atoms with Crippen LogP contribution in [0.4, 0.5) is 0 Å². The minimum Gasteiger partial charge on any atom is -0.349 e. The molecule has 4 aliphatic heterocycles. The molecular weight excluding hydrogens is 431 g/mol. The van der Waals surface area contributed by atoms with Gasteiger partial charge in [0.15, 0.2) is 11.6 Å². The van der Waals surface area contributed by atoms with Crippen molar-refractivity contribution in [1.29, 1.82) is 0 Å². The fourth-order valence-corrected chi connectivity index (χ4v) is 6.73. The molecule has 4 saturated heterocycles. The number of piperidine rings is 2. The monoisotopic (exact) mass is 475 g/mol. The zero-order valence-corrected chi connectivity index (χ0v) is 22.6. The summed E-state index contributed by atoms with van der Waals surface area (Å²) in [7, 11) is 2.21. The van der Waals surface area contributed by atoms with E-state index in [-0.39, 0.29) is 46.1 Å². The Bertz CT molecular complexity index is 635. The minimum absolute atomic E-state index is 0. The molecule has 179 valence electrons. The molecule has 0 aliphatic carbocycles. The maximum atomic E-state index is 6.56. The van der Waals surface area contributed by atoms with E-state index >= 15 is 0 Å². The number of nitrogens with zero attached hydrogens (tertiary/aromatic N) is 1. The molecule has 6 nitrogen and oxygen atoms in total. The molecule has 1 N–H and O–H groups in total. The van der Waals surface area contributed by atoms with E-state index in [9.17, 15) is 0 Å². The molecule has 4 aliphatic rings. The summed E-state index contributed by atoms with van der Waals surface area (Å²) in [6.07, 6.45) is 3.44. The molecule has 0 aromatic rings. The molecule has 0 amide bonds. The van der Waals surface area contributed by atoms with E-state index in [0.717, 1.165) is 25.7 Å². The summed E-state index contributed by atoms with van der Waals surface area (Å²) in [5.74, 6) is -1.03. The first kappa shape index (κ1) is 26.0. The molecule has 0 bridgehead atoms. The van der Waals surface area contributed by atoms with Crippen LogP contribution in [0.2, 0.25) is 0 Å². The van der Waals surface area contributed by atoms with Gasteiger partial charge in [-0.3, -0.25) is 4.90 Å². The van der Waals surface area contributed by atoms with Crippen molar-refractivity contribution in [1.82, 2.24) is 10.2 Å². The smallest absolute Gasteiger partial charge is 0.171 e. The molecule has 4 heterocycles. The molecule has 0 atom stereocenters. The van der Waals surface area contributed by atoms with Crippen molar-refractivity contribution < 1.29 is 37.5 Å². The van der Waals surface area contributed by atoms with E-state index in [1.165, 1.54) is 0 Å². The van der Waals surface area contributed by atoms with Crippen LogP contribution in [-0.2, 0) is 37.5 Å². The van der Waals surface area contributed by atoms with E-state index in [2.05, 4.69) is 72.7 Å². The fraction of sp³-hybridized carbons (Fsp3) is 1.00. The topological polar surface area (TPSA) is 52.2 Å². The van der Waals surface area contributed by atoms with Gasteiger partial charge < -0.3 is 24.3 Å². The van der Waals surface area contributed by atoms with Gasteiger partial charge in [-0.1, -0.05) is 0 Å². The zero-order chi connectivity index (χ0) is 22.3. The van der Waals surface area contributed by atoms with E-state index < -0.39 is 11.6 Å². The van der Waals surface area contributed by atoms with Crippen molar-refractivity contribution in [3.63, 3.8) is 0 Å². The number of ether oxygens (including phenoxy) is 4. The Morgan fingerprint density at radius 1 is 0.581 bits per heavy atom. The van der Waals surface area contributed by atoms with Crippen molar-refractivity contribution in [2.75, 3.05) is 33.5 Å². The number of hydrogen-bond acceptors (Lipinski definition) is 6. The van der Waals surface area contributed by atoms with Gasteiger partial charge >= 0.3 is 0 Å². The van der Waals surface area contributed by atoms with Crippen LogP contribution in [0, 0.1) is 5.41 Å². The first-order valence-corrected chi connectivity index (χ1v) is 11.6. The van der Waals surface area contributed by atoms with Crippen molar-refractivity contribution in [2.45, 2.75) is 115 Å². The van der Waals surface area contributed by atoms with E-state index in [1.54, 1.807) is 0 Å². The fourth-order valence-electron chi connectivity index (χ4n) is 6.73. The Morgan fingerprint density at radius 2 is 0.903 bits per heavy atom. The molecule has 0 saturated carbocycles. The van der Waals surface area contributed by atoms with E-state index in [1.807, 2.05) is 0 Å². The SMILES string of the molecule is CN1C(C)(C)CC2(CC1(C)C)OCC1(COC3(CC(C)(C)NC(C)(C)C3)OC1)CO2.[V]. The van der Waals surface area contributed by atoms with Gasteiger partial charge in [0.25, 0.3) is 0 Å². The average Bonchev–Trinajstić information content (AvgIpc) is 2.55. The molecule has 1 radical (unpaired) electrons. The molecule has 0 aromatic carbocycles. The Balaban J connectivity index is 0.00000272. The van der Waals surface area contributed by atoms with Gasteiger partial charge in [-0.2, -0.15) is 0 Å². The number of likely N-dealkylation sites (tertiary alicyclic amines) is 1. The molecule has 31 heavy (non-hydrogen) atoms. The third kappa shape index (κ3) is 4.93. The predicted octanol–water partition coefficient (Wildman–Crippen LogP) is 3.68. The molecular formula is C24H44N2O4V. The number of hydrogen-bond donors (Lipinski definition) is 1. The zero-order valence-electron chi connectivity index (χ0n) is 21.2. The Morgan fingerprint density at radius 3 is 1.26 bits per heavy atom. The largest absolute Gasteiger partial charge is 0.349 e. The van der Waals surface area contributed by atoms with Crippen LogP contribution in [0.25, 0.3) is 0 Å². The summed E-state index contributed by atoms with van der Waals surface area (Å²) < 4.78 is 26.1. The van der Waals surface area contributed by atoms with Crippen molar-refractivity contribution in [3.8, 4) is 0 Å². The molecule has 4 rings (SSSR count). The van der Waals surface area contributed by atoms with Crippen LogP contribution in [0.15, 0.2) is 0 Å². The molecule has 0 unspecified atom stereocenters. The first-order chi connectivity index (χ1) is 13.5. The van der Waals surface area contributed by atoms with Gasteiger partial charge in [0, 0.05) is 66.4 Å². The molecule has 0 aromatic heterocycles. The summed E-state index contributed by atoms with van der Waals surface area (Å²) in [5.41, 5.74) is -0.236. The van der Waals surface area contributed by atoms with Crippen LogP contribution < -0.4 is 5.32 Å². The molecule has 7 heteroatoms. The summed E-state index contributed by atoms with van der Waals surface area (Å²) in [6, 6.07) is 0. The quantitative estimate of drug-likeness (QED) is 0.577. The first-order valence-electron chi connectivity index (χ1n) is 11.6. The Kier molecular flexibility index (Phi) is 6.43. The third-order valence-electron chi connectivity index (χ3n) is 7.88. The number of rotatable bonds is 0.